The van der Waals surface area contributed by atoms with Crippen LogP contribution in [0.2, 0.25) is 10.0 Å². The molecule has 0 heterocycles. The molecule has 30 heavy (non-hydrogen) atoms. The first-order chi connectivity index (χ1) is 14.5. The molecule has 0 fully saturated rings. The Labute approximate surface area is 186 Å². The van der Waals surface area contributed by atoms with Gasteiger partial charge in [0.25, 0.3) is 0 Å². The van der Waals surface area contributed by atoms with Gasteiger partial charge in [0.05, 0.1) is 12.4 Å². The van der Waals surface area contributed by atoms with Crippen molar-refractivity contribution in [2.45, 2.75) is 38.5 Å². The lowest BCUT2D eigenvalue weighted by Crippen LogP contribution is -2.17. The van der Waals surface area contributed by atoms with Crippen molar-refractivity contribution in [2.24, 2.45) is 10.2 Å². The molecule has 2 rings (SSSR count). The number of carbonyl (C=O) groups excluding carboxylic acids is 2. The van der Waals surface area contributed by atoms with Crippen LogP contribution in [0.3, 0.4) is 0 Å². The summed E-state index contributed by atoms with van der Waals surface area (Å²) >= 11 is 11.6. The second-order valence-corrected chi connectivity index (χ2v) is 7.48. The predicted molar refractivity (Wildman–Crippen MR) is 122 cm³/mol. The zero-order valence-corrected chi connectivity index (χ0v) is 18.0. The quantitative estimate of drug-likeness (QED) is 0.291. The zero-order chi connectivity index (χ0) is 21.6. The Bertz CT molecular complexity index is 792. The fourth-order valence-electron chi connectivity index (χ4n) is 2.49. The Morgan fingerprint density at radius 2 is 1.03 bits per heavy atom. The van der Waals surface area contributed by atoms with E-state index >= 15 is 0 Å². The SMILES string of the molecule is O=C(CCCCCCC(=O)N/N=C/c1ccc(Cl)cc1)N/N=C/c1ccc(Cl)cc1. The third kappa shape index (κ3) is 10.2. The summed E-state index contributed by atoms with van der Waals surface area (Å²) < 4.78 is 0. The highest BCUT2D eigenvalue weighted by Gasteiger charge is 2.02. The molecule has 0 saturated carbocycles. The van der Waals surface area contributed by atoms with Crippen LogP contribution in [0.15, 0.2) is 58.7 Å². The van der Waals surface area contributed by atoms with Crippen LogP contribution in [0.4, 0.5) is 0 Å². The number of halogens is 2. The Balaban J connectivity index is 1.49. The maximum absolute atomic E-state index is 11.7. The molecule has 0 spiro atoms. The number of hydrogen-bond donors (Lipinski definition) is 2. The first-order valence-electron chi connectivity index (χ1n) is 9.68. The van der Waals surface area contributed by atoms with Crippen molar-refractivity contribution >= 4 is 47.4 Å². The van der Waals surface area contributed by atoms with Gasteiger partial charge >= 0.3 is 0 Å². The Kier molecular flexibility index (Phi) is 10.6. The molecule has 0 aromatic heterocycles. The van der Waals surface area contributed by atoms with E-state index < -0.39 is 0 Å². The zero-order valence-electron chi connectivity index (χ0n) is 16.5. The van der Waals surface area contributed by atoms with Crippen LogP contribution >= 0.6 is 23.2 Å². The summed E-state index contributed by atoms with van der Waals surface area (Å²) in [6.45, 7) is 0. The summed E-state index contributed by atoms with van der Waals surface area (Å²) in [5.74, 6) is -0.260. The summed E-state index contributed by atoms with van der Waals surface area (Å²) in [7, 11) is 0. The fourth-order valence-corrected chi connectivity index (χ4v) is 2.74. The molecule has 2 aromatic rings. The monoisotopic (exact) mass is 446 g/mol. The van der Waals surface area contributed by atoms with Crippen LogP contribution < -0.4 is 10.9 Å². The van der Waals surface area contributed by atoms with E-state index in [9.17, 15) is 9.59 Å². The molecule has 6 nitrogen and oxygen atoms in total. The molecule has 0 aliphatic carbocycles. The van der Waals surface area contributed by atoms with E-state index in [-0.39, 0.29) is 11.8 Å². The molecular formula is C22H24Cl2N4O2. The van der Waals surface area contributed by atoms with E-state index in [2.05, 4.69) is 21.1 Å². The van der Waals surface area contributed by atoms with Gasteiger partial charge in [-0.2, -0.15) is 10.2 Å². The second kappa shape index (κ2) is 13.5. The standard InChI is InChI=1S/C22H24Cl2N4O2/c23-19-11-7-17(8-12-19)15-25-27-21(29)5-3-1-2-4-6-22(30)28-26-16-18-9-13-20(24)14-10-18/h7-16H,1-6H2,(H,27,29)(H,28,30)/b25-15+,26-16+. The molecule has 2 amide bonds. The molecule has 0 radical (unpaired) electrons. The average molecular weight is 447 g/mol. The summed E-state index contributed by atoms with van der Waals surface area (Å²) in [6.07, 6.45) is 7.18. The largest absolute Gasteiger partial charge is 0.273 e. The number of nitrogens with zero attached hydrogens (tertiary/aromatic N) is 2. The number of hydrazone groups is 2. The van der Waals surface area contributed by atoms with Gasteiger partial charge in [-0.1, -0.05) is 60.3 Å². The van der Waals surface area contributed by atoms with Gasteiger partial charge in [0.1, 0.15) is 0 Å². The summed E-state index contributed by atoms with van der Waals surface area (Å²) in [5.41, 5.74) is 6.72. The van der Waals surface area contributed by atoms with Crippen molar-refractivity contribution in [2.75, 3.05) is 0 Å². The van der Waals surface area contributed by atoms with Gasteiger partial charge in [0, 0.05) is 22.9 Å². The molecule has 0 unspecified atom stereocenters. The van der Waals surface area contributed by atoms with Gasteiger partial charge in [-0.05, 0) is 48.2 Å². The lowest BCUT2D eigenvalue weighted by molar-refractivity contribution is -0.122. The van der Waals surface area contributed by atoms with Crippen LogP contribution in [0.1, 0.15) is 49.7 Å². The number of unbranched alkanes of at least 4 members (excludes halogenated alkanes) is 3. The summed E-state index contributed by atoms with van der Waals surface area (Å²) in [6, 6.07) is 14.3. The predicted octanol–water partition coefficient (Wildman–Crippen LogP) is 4.93. The number of rotatable bonds is 11. The Morgan fingerprint density at radius 3 is 1.40 bits per heavy atom. The highest BCUT2D eigenvalue weighted by Crippen LogP contribution is 2.09. The number of carbonyl (C=O) groups is 2. The van der Waals surface area contributed by atoms with Crippen molar-refractivity contribution in [3.05, 3.63) is 69.7 Å². The van der Waals surface area contributed by atoms with Gasteiger partial charge in [0.2, 0.25) is 11.8 Å². The van der Waals surface area contributed by atoms with Crippen LogP contribution in [0, 0.1) is 0 Å². The molecule has 2 aromatic carbocycles. The summed E-state index contributed by atoms with van der Waals surface area (Å²) in [5, 5.41) is 9.15. The first kappa shape index (κ1) is 23.6. The average Bonchev–Trinajstić information content (AvgIpc) is 2.73. The third-order valence-electron chi connectivity index (χ3n) is 4.10. The second-order valence-electron chi connectivity index (χ2n) is 6.60. The first-order valence-corrected chi connectivity index (χ1v) is 10.4. The highest BCUT2D eigenvalue weighted by molar-refractivity contribution is 6.30. The van der Waals surface area contributed by atoms with Crippen LogP contribution in [0.5, 0.6) is 0 Å². The van der Waals surface area contributed by atoms with Gasteiger partial charge in [-0.15, -0.1) is 0 Å². The molecule has 0 aliphatic rings. The van der Waals surface area contributed by atoms with Crippen molar-refractivity contribution in [3.63, 3.8) is 0 Å². The Hall–Kier alpha value is -2.70. The minimum Gasteiger partial charge on any atom is -0.273 e. The molecule has 0 aliphatic heterocycles. The molecule has 0 bridgehead atoms. The topological polar surface area (TPSA) is 82.9 Å². The van der Waals surface area contributed by atoms with Gasteiger partial charge < -0.3 is 0 Å². The van der Waals surface area contributed by atoms with Crippen LogP contribution in [0.25, 0.3) is 0 Å². The summed E-state index contributed by atoms with van der Waals surface area (Å²) in [4.78, 5) is 23.5. The molecule has 2 N–H and O–H groups in total. The van der Waals surface area contributed by atoms with E-state index in [0.29, 0.717) is 22.9 Å². The van der Waals surface area contributed by atoms with E-state index in [1.807, 2.05) is 24.3 Å². The maximum atomic E-state index is 11.7. The lowest BCUT2D eigenvalue weighted by Gasteiger charge is -2.02. The van der Waals surface area contributed by atoms with Gasteiger partial charge in [-0.25, -0.2) is 10.9 Å². The minimum absolute atomic E-state index is 0.130. The van der Waals surface area contributed by atoms with Crippen molar-refractivity contribution in [1.29, 1.82) is 0 Å². The van der Waals surface area contributed by atoms with Crippen LogP contribution in [-0.2, 0) is 9.59 Å². The number of nitrogens with one attached hydrogen (secondary N) is 2. The fraction of sp³-hybridized carbons (Fsp3) is 0.273. The van der Waals surface area contributed by atoms with Crippen molar-refractivity contribution in [3.8, 4) is 0 Å². The van der Waals surface area contributed by atoms with E-state index in [1.54, 1.807) is 36.7 Å². The van der Waals surface area contributed by atoms with E-state index in [0.717, 1.165) is 36.8 Å². The van der Waals surface area contributed by atoms with Crippen LogP contribution in [-0.4, -0.2) is 24.2 Å². The molecule has 158 valence electrons. The molecule has 8 heteroatoms. The normalized spacial score (nSPS) is 11.1. The van der Waals surface area contributed by atoms with Gasteiger partial charge in [-0.3, -0.25) is 9.59 Å². The Morgan fingerprint density at radius 1 is 0.667 bits per heavy atom. The smallest absolute Gasteiger partial charge is 0.240 e. The third-order valence-corrected chi connectivity index (χ3v) is 4.61. The molecular weight excluding hydrogens is 423 g/mol. The minimum atomic E-state index is -0.130. The highest BCUT2D eigenvalue weighted by atomic mass is 35.5. The van der Waals surface area contributed by atoms with E-state index in [4.69, 9.17) is 23.2 Å². The number of amides is 2. The van der Waals surface area contributed by atoms with E-state index in [1.165, 1.54) is 0 Å². The lowest BCUT2D eigenvalue weighted by atomic mass is 10.1. The molecule has 0 atom stereocenters. The maximum Gasteiger partial charge on any atom is 0.240 e. The van der Waals surface area contributed by atoms with Crippen molar-refractivity contribution < 1.29 is 9.59 Å². The number of benzene rings is 2. The van der Waals surface area contributed by atoms with Crippen molar-refractivity contribution in [1.82, 2.24) is 10.9 Å². The van der Waals surface area contributed by atoms with Gasteiger partial charge in [0.15, 0.2) is 0 Å². The molecule has 0 saturated heterocycles. The number of hydrogen-bond acceptors (Lipinski definition) is 4.